The first-order valence-electron chi connectivity index (χ1n) is 9.05. The van der Waals surface area contributed by atoms with E-state index < -0.39 is 0 Å². The highest BCUT2D eigenvalue weighted by Gasteiger charge is 2.24. The van der Waals surface area contributed by atoms with E-state index in [4.69, 9.17) is 9.47 Å². The molecule has 1 amide bonds. The van der Waals surface area contributed by atoms with Gasteiger partial charge in [0, 0.05) is 23.9 Å². The van der Waals surface area contributed by atoms with Gasteiger partial charge in [-0.2, -0.15) is 5.10 Å². The van der Waals surface area contributed by atoms with E-state index in [2.05, 4.69) is 5.10 Å². The number of hydrogen-bond acceptors (Lipinski definition) is 5. The number of aromatic nitrogens is 2. The van der Waals surface area contributed by atoms with E-state index in [1.165, 1.54) is 10.7 Å². The van der Waals surface area contributed by atoms with E-state index in [0.29, 0.717) is 23.7 Å². The topological polar surface area (TPSA) is 73.7 Å². The number of nitrogens with zero attached hydrogens (tertiary/aromatic N) is 3. The van der Waals surface area contributed by atoms with Gasteiger partial charge in [0.15, 0.2) is 11.5 Å². The van der Waals surface area contributed by atoms with E-state index >= 15 is 0 Å². The molecule has 0 bridgehead atoms. The van der Waals surface area contributed by atoms with Gasteiger partial charge >= 0.3 is 0 Å². The highest BCUT2D eigenvalue weighted by Crippen LogP contribution is 2.35. The van der Waals surface area contributed by atoms with Crippen molar-refractivity contribution < 1.29 is 14.3 Å². The molecule has 2 aliphatic heterocycles. The summed E-state index contributed by atoms with van der Waals surface area (Å²) in [6.07, 6.45) is 0.821. The standard InChI is InChI=1S/C21H17N3O4/c25-20-8-6-16(15-5-7-18-19(11-15)28-13-27-18)22-24(20)12-21(26)23-10-9-14-3-1-2-4-17(14)23/h1-8,11H,9-10,12-13H2. The maximum atomic E-state index is 12.8. The van der Waals surface area contributed by atoms with Crippen LogP contribution < -0.4 is 19.9 Å². The molecule has 5 rings (SSSR count). The summed E-state index contributed by atoms with van der Waals surface area (Å²) >= 11 is 0. The molecular formula is C21H17N3O4. The van der Waals surface area contributed by atoms with Crippen molar-refractivity contribution in [3.05, 3.63) is 70.5 Å². The largest absolute Gasteiger partial charge is 0.454 e. The molecule has 0 spiro atoms. The Kier molecular flexibility index (Phi) is 3.86. The van der Waals surface area contributed by atoms with E-state index in [9.17, 15) is 9.59 Å². The van der Waals surface area contributed by atoms with Crippen molar-refractivity contribution >= 4 is 11.6 Å². The number of amides is 1. The predicted molar refractivity (Wildman–Crippen MR) is 103 cm³/mol. The molecule has 1 aromatic heterocycles. The zero-order valence-corrected chi connectivity index (χ0v) is 15.0. The molecule has 7 heteroatoms. The van der Waals surface area contributed by atoms with Gasteiger partial charge in [0.25, 0.3) is 5.56 Å². The first-order chi connectivity index (χ1) is 13.7. The number of carbonyl (C=O) groups excluding carboxylic acids is 1. The van der Waals surface area contributed by atoms with Crippen molar-refractivity contribution in [2.45, 2.75) is 13.0 Å². The van der Waals surface area contributed by atoms with E-state index in [0.717, 1.165) is 23.2 Å². The summed E-state index contributed by atoms with van der Waals surface area (Å²) in [6, 6.07) is 16.4. The molecule has 0 atom stereocenters. The Morgan fingerprint density at radius 1 is 1.04 bits per heavy atom. The minimum atomic E-state index is -0.315. The van der Waals surface area contributed by atoms with Gasteiger partial charge in [-0.3, -0.25) is 9.59 Å². The number of hydrogen-bond donors (Lipinski definition) is 0. The third-order valence-corrected chi connectivity index (χ3v) is 5.01. The SMILES string of the molecule is O=C(Cn1nc(-c2ccc3c(c2)OCO3)ccc1=O)N1CCc2ccccc21. The smallest absolute Gasteiger partial charge is 0.267 e. The second-order valence-electron chi connectivity index (χ2n) is 6.71. The van der Waals surface area contributed by atoms with Gasteiger partial charge in [-0.05, 0) is 42.3 Å². The van der Waals surface area contributed by atoms with Crippen molar-refractivity contribution in [3.8, 4) is 22.8 Å². The van der Waals surface area contributed by atoms with Crippen LogP contribution in [0, 0.1) is 0 Å². The number of rotatable bonds is 3. The monoisotopic (exact) mass is 375 g/mol. The second-order valence-corrected chi connectivity index (χ2v) is 6.71. The fraction of sp³-hybridized carbons (Fsp3) is 0.190. The lowest BCUT2D eigenvalue weighted by molar-refractivity contribution is -0.119. The number of fused-ring (bicyclic) bond motifs is 2. The van der Waals surface area contributed by atoms with Gasteiger partial charge in [0.1, 0.15) is 6.54 Å². The summed E-state index contributed by atoms with van der Waals surface area (Å²) in [4.78, 5) is 26.8. The van der Waals surface area contributed by atoms with Crippen LogP contribution in [-0.4, -0.2) is 29.0 Å². The lowest BCUT2D eigenvalue weighted by Crippen LogP contribution is -2.36. The number of ether oxygens (including phenoxy) is 2. The van der Waals surface area contributed by atoms with Crippen LogP contribution in [0.4, 0.5) is 5.69 Å². The zero-order chi connectivity index (χ0) is 19.1. The molecule has 28 heavy (non-hydrogen) atoms. The number of benzene rings is 2. The van der Waals surface area contributed by atoms with Gasteiger partial charge in [-0.1, -0.05) is 18.2 Å². The number of para-hydroxylation sites is 1. The van der Waals surface area contributed by atoms with Crippen LogP contribution in [0.2, 0.25) is 0 Å². The minimum Gasteiger partial charge on any atom is -0.454 e. The summed E-state index contributed by atoms with van der Waals surface area (Å²) in [5, 5.41) is 4.40. The van der Waals surface area contributed by atoms with Crippen LogP contribution in [0.25, 0.3) is 11.3 Å². The molecule has 2 aliphatic rings. The van der Waals surface area contributed by atoms with E-state index in [1.807, 2.05) is 36.4 Å². The van der Waals surface area contributed by atoms with E-state index in [1.54, 1.807) is 17.0 Å². The minimum absolute atomic E-state index is 0.106. The molecule has 0 saturated carbocycles. The van der Waals surface area contributed by atoms with Crippen molar-refractivity contribution in [1.82, 2.24) is 9.78 Å². The lowest BCUT2D eigenvalue weighted by Gasteiger charge is -2.17. The molecule has 140 valence electrons. The first-order valence-corrected chi connectivity index (χ1v) is 9.05. The maximum absolute atomic E-state index is 12.8. The van der Waals surface area contributed by atoms with Gasteiger partial charge in [-0.25, -0.2) is 4.68 Å². The second kappa shape index (κ2) is 6.53. The van der Waals surface area contributed by atoms with Gasteiger partial charge < -0.3 is 14.4 Å². The Labute approximate surface area is 160 Å². The predicted octanol–water partition coefficient (Wildman–Crippen LogP) is 2.23. The summed E-state index contributed by atoms with van der Waals surface area (Å²) < 4.78 is 11.9. The van der Waals surface area contributed by atoms with Crippen LogP contribution in [0.1, 0.15) is 5.56 Å². The molecule has 0 fully saturated rings. The molecule has 0 radical (unpaired) electrons. The Balaban J connectivity index is 1.42. The third kappa shape index (κ3) is 2.81. The molecule has 3 aromatic rings. The average Bonchev–Trinajstić information content (AvgIpc) is 3.35. The van der Waals surface area contributed by atoms with Crippen LogP contribution in [0.5, 0.6) is 11.5 Å². The summed E-state index contributed by atoms with van der Waals surface area (Å²) in [6.45, 7) is 0.706. The molecule has 2 aromatic carbocycles. The van der Waals surface area contributed by atoms with Crippen LogP contribution in [0.15, 0.2) is 59.4 Å². The fourth-order valence-corrected chi connectivity index (χ4v) is 3.58. The molecule has 0 saturated heterocycles. The molecular weight excluding hydrogens is 358 g/mol. The first kappa shape index (κ1) is 16.6. The molecule has 0 aliphatic carbocycles. The highest BCUT2D eigenvalue weighted by molar-refractivity contribution is 5.95. The molecule has 0 unspecified atom stereocenters. The van der Waals surface area contributed by atoms with Crippen LogP contribution >= 0.6 is 0 Å². The summed E-state index contributed by atoms with van der Waals surface area (Å²) in [7, 11) is 0. The molecule has 3 heterocycles. The van der Waals surface area contributed by atoms with Crippen molar-refractivity contribution in [2.24, 2.45) is 0 Å². The molecule has 0 N–H and O–H groups in total. The Hall–Kier alpha value is -3.61. The Morgan fingerprint density at radius 3 is 2.82 bits per heavy atom. The quantitative estimate of drug-likeness (QED) is 0.702. The lowest BCUT2D eigenvalue weighted by atomic mass is 10.1. The van der Waals surface area contributed by atoms with E-state index in [-0.39, 0.29) is 24.8 Å². The maximum Gasteiger partial charge on any atom is 0.267 e. The number of carbonyl (C=O) groups is 1. The van der Waals surface area contributed by atoms with Gasteiger partial charge in [0.2, 0.25) is 12.7 Å². The highest BCUT2D eigenvalue weighted by atomic mass is 16.7. The van der Waals surface area contributed by atoms with Crippen LogP contribution in [-0.2, 0) is 17.8 Å². The summed E-state index contributed by atoms with van der Waals surface area (Å²) in [5.41, 5.74) is 3.12. The average molecular weight is 375 g/mol. The fourth-order valence-electron chi connectivity index (χ4n) is 3.58. The normalized spacial score (nSPS) is 14.2. The van der Waals surface area contributed by atoms with Crippen molar-refractivity contribution in [3.63, 3.8) is 0 Å². The van der Waals surface area contributed by atoms with Crippen molar-refractivity contribution in [1.29, 1.82) is 0 Å². The van der Waals surface area contributed by atoms with Gasteiger partial charge in [0.05, 0.1) is 5.69 Å². The van der Waals surface area contributed by atoms with Crippen molar-refractivity contribution in [2.75, 3.05) is 18.2 Å². The Bertz CT molecular complexity index is 1140. The zero-order valence-electron chi connectivity index (χ0n) is 15.0. The third-order valence-electron chi connectivity index (χ3n) is 5.01. The molecule has 7 nitrogen and oxygen atoms in total. The number of anilines is 1. The van der Waals surface area contributed by atoms with Gasteiger partial charge in [-0.15, -0.1) is 0 Å². The Morgan fingerprint density at radius 2 is 1.89 bits per heavy atom. The van der Waals surface area contributed by atoms with Crippen LogP contribution in [0.3, 0.4) is 0 Å². The summed E-state index contributed by atoms with van der Waals surface area (Å²) in [5.74, 6) is 1.17.